The third kappa shape index (κ3) is 2.85. The Morgan fingerprint density at radius 2 is 2.26 bits per heavy atom. The maximum Gasteiger partial charge on any atom is 0.279 e. The molecule has 8 heteroatoms. The van der Waals surface area contributed by atoms with Crippen molar-refractivity contribution < 1.29 is 9.21 Å². The molecule has 3 atom stereocenters. The zero-order chi connectivity index (χ0) is 18.5. The van der Waals surface area contributed by atoms with Gasteiger partial charge in [0.05, 0.1) is 11.8 Å². The Kier molecular flexibility index (Phi) is 3.66. The van der Waals surface area contributed by atoms with Gasteiger partial charge in [0, 0.05) is 30.9 Å². The fraction of sp³-hybridized carbons (Fsp3) is 0.474. The molecule has 27 heavy (non-hydrogen) atoms. The van der Waals surface area contributed by atoms with Gasteiger partial charge in [-0.2, -0.15) is 10.2 Å². The molecule has 2 aliphatic carbocycles. The average molecular weight is 366 g/mol. The number of aromatic amines is 1. The molecule has 3 aromatic heterocycles. The van der Waals surface area contributed by atoms with Gasteiger partial charge in [0.2, 0.25) is 5.89 Å². The van der Waals surface area contributed by atoms with Gasteiger partial charge >= 0.3 is 0 Å². The van der Waals surface area contributed by atoms with Crippen molar-refractivity contribution in [3.63, 3.8) is 0 Å². The number of anilines is 1. The van der Waals surface area contributed by atoms with Gasteiger partial charge < -0.3 is 9.73 Å². The van der Waals surface area contributed by atoms with E-state index in [0.717, 1.165) is 23.1 Å². The molecule has 1 amide bonds. The molecule has 0 aromatic carbocycles. The van der Waals surface area contributed by atoms with Crippen molar-refractivity contribution in [1.82, 2.24) is 25.0 Å². The zero-order valence-corrected chi connectivity index (χ0v) is 15.4. The Labute approximate surface area is 156 Å². The summed E-state index contributed by atoms with van der Waals surface area (Å²) in [7, 11) is 1.82. The van der Waals surface area contributed by atoms with Crippen molar-refractivity contribution in [2.24, 2.45) is 18.9 Å². The molecule has 0 radical (unpaired) electrons. The lowest BCUT2D eigenvalue weighted by Gasteiger charge is -2.19. The Balaban J connectivity index is 1.32. The minimum Gasteiger partial charge on any atom is -0.440 e. The minimum atomic E-state index is -0.322. The van der Waals surface area contributed by atoms with Crippen molar-refractivity contribution in [2.45, 2.75) is 38.5 Å². The number of rotatable bonds is 4. The zero-order valence-electron chi connectivity index (χ0n) is 15.4. The molecule has 2 N–H and O–H groups in total. The van der Waals surface area contributed by atoms with E-state index < -0.39 is 0 Å². The molecule has 0 saturated heterocycles. The molecule has 2 saturated carbocycles. The van der Waals surface area contributed by atoms with Gasteiger partial charge in [-0.3, -0.25) is 14.6 Å². The van der Waals surface area contributed by atoms with E-state index in [2.05, 4.69) is 25.6 Å². The van der Waals surface area contributed by atoms with Gasteiger partial charge in [-0.15, -0.1) is 0 Å². The van der Waals surface area contributed by atoms with Crippen LogP contribution in [0.25, 0.3) is 11.5 Å². The van der Waals surface area contributed by atoms with Gasteiger partial charge in [-0.05, 0) is 38.0 Å². The fourth-order valence-electron chi connectivity index (χ4n) is 4.65. The van der Waals surface area contributed by atoms with Crippen LogP contribution in [0, 0.1) is 18.8 Å². The lowest BCUT2D eigenvalue weighted by Crippen LogP contribution is -2.13. The highest BCUT2D eigenvalue weighted by molar-refractivity contribution is 6.03. The molecule has 0 spiro atoms. The number of aryl methyl sites for hydroxylation is 2. The van der Waals surface area contributed by atoms with Crippen molar-refractivity contribution >= 4 is 11.7 Å². The second-order valence-electron chi connectivity index (χ2n) is 7.77. The topological polar surface area (TPSA) is 102 Å². The largest absolute Gasteiger partial charge is 0.440 e. The number of nitrogens with one attached hydrogen (secondary N) is 2. The number of carbonyl (C=O) groups excluding carboxylic acids is 1. The molecule has 3 aromatic rings. The van der Waals surface area contributed by atoms with E-state index in [4.69, 9.17) is 4.42 Å². The maximum absolute atomic E-state index is 12.6. The molecule has 3 unspecified atom stereocenters. The predicted octanol–water partition coefficient (Wildman–Crippen LogP) is 3.26. The van der Waals surface area contributed by atoms with Gasteiger partial charge in [0.1, 0.15) is 5.76 Å². The van der Waals surface area contributed by atoms with Crippen LogP contribution >= 0.6 is 0 Å². The molecular formula is C19H22N6O2. The number of oxazole rings is 1. The summed E-state index contributed by atoms with van der Waals surface area (Å²) in [5.41, 5.74) is 2.13. The second kappa shape index (κ2) is 6.07. The monoisotopic (exact) mass is 366 g/mol. The molecule has 3 heterocycles. The van der Waals surface area contributed by atoms with E-state index in [-0.39, 0.29) is 11.6 Å². The molecular weight excluding hydrogens is 344 g/mol. The minimum absolute atomic E-state index is 0.262. The van der Waals surface area contributed by atoms with Crippen molar-refractivity contribution in [3.05, 3.63) is 35.6 Å². The quantitative estimate of drug-likeness (QED) is 0.738. The van der Waals surface area contributed by atoms with Crippen molar-refractivity contribution in [2.75, 3.05) is 5.32 Å². The van der Waals surface area contributed by atoms with Gasteiger partial charge in [-0.25, -0.2) is 4.98 Å². The van der Waals surface area contributed by atoms with E-state index >= 15 is 0 Å². The van der Waals surface area contributed by atoms with E-state index in [1.54, 1.807) is 24.0 Å². The van der Waals surface area contributed by atoms with Crippen LogP contribution in [0.15, 0.2) is 22.9 Å². The number of fused-ring (bicyclic) bond motifs is 2. The van der Waals surface area contributed by atoms with Crippen LogP contribution in [0.1, 0.15) is 53.5 Å². The third-order valence-electron chi connectivity index (χ3n) is 5.94. The summed E-state index contributed by atoms with van der Waals surface area (Å²) in [5.74, 6) is 3.24. The van der Waals surface area contributed by atoms with Crippen molar-refractivity contribution in [3.8, 4) is 11.5 Å². The third-order valence-corrected chi connectivity index (χ3v) is 5.94. The lowest BCUT2D eigenvalue weighted by molar-refractivity contribution is 0.102. The number of hydrogen-bond donors (Lipinski definition) is 2. The fourth-order valence-corrected chi connectivity index (χ4v) is 4.65. The van der Waals surface area contributed by atoms with Gasteiger partial charge in [0.25, 0.3) is 5.91 Å². The number of amides is 1. The van der Waals surface area contributed by atoms with Crippen molar-refractivity contribution in [1.29, 1.82) is 0 Å². The molecule has 140 valence electrons. The van der Waals surface area contributed by atoms with E-state index in [1.807, 2.05) is 13.1 Å². The van der Waals surface area contributed by atoms with Crippen LogP contribution in [-0.2, 0) is 7.05 Å². The normalized spacial score (nSPS) is 23.9. The summed E-state index contributed by atoms with van der Waals surface area (Å²) in [6.07, 6.45) is 8.69. The number of H-pyrrole nitrogens is 1. The number of nitrogens with zero attached hydrogens (tertiary/aromatic N) is 4. The Morgan fingerprint density at radius 1 is 1.37 bits per heavy atom. The second-order valence-corrected chi connectivity index (χ2v) is 7.77. The molecule has 2 bridgehead atoms. The van der Waals surface area contributed by atoms with Crippen LogP contribution < -0.4 is 5.32 Å². The number of hydrogen-bond acceptors (Lipinski definition) is 5. The van der Waals surface area contributed by atoms with Crippen LogP contribution in [0.2, 0.25) is 0 Å². The summed E-state index contributed by atoms with van der Waals surface area (Å²) >= 11 is 0. The first-order valence-corrected chi connectivity index (χ1v) is 9.40. The summed E-state index contributed by atoms with van der Waals surface area (Å²) in [5, 5.41) is 14.3. The van der Waals surface area contributed by atoms with Gasteiger partial charge in [0.15, 0.2) is 11.5 Å². The molecule has 0 aliphatic heterocycles. The first-order chi connectivity index (χ1) is 13.1. The summed E-state index contributed by atoms with van der Waals surface area (Å²) < 4.78 is 7.30. The van der Waals surface area contributed by atoms with E-state index in [1.165, 1.54) is 25.7 Å². The first-order valence-electron chi connectivity index (χ1n) is 9.40. The van der Waals surface area contributed by atoms with Gasteiger partial charge in [-0.1, -0.05) is 6.42 Å². The predicted molar refractivity (Wildman–Crippen MR) is 98.2 cm³/mol. The number of carbonyl (C=O) groups is 1. The summed E-state index contributed by atoms with van der Waals surface area (Å²) in [6.45, 7) is 1.73. The summed E-state index contributed by atoms with van der Waals surface area (Å²) in [4.78, 5) is 17.0. The highest BCUT2D eigenvalue weighted by atomic mass is 16.4. The lowest BCUT2D eigenvalue weighted by atomic mass is 9.86. The van der Waals surface area contributed by atoms with Crippen LogP contribution in [0.5, 0.6) is 0 Å². The highest BCUT2D eigenvalue weighted by Gasteiger charge is 2.41. The average Bonchev–Trinajstić information content (AvgIpc) is 3.43. The Morgan fingerprint density at radius 3 is 2.96 bits per heavy atom. The summed E-state index contributed by atoms with van der Waals surface area (Å²) in [6, 6.07) is 1.96. The Hall–Kier alpha value is -2.90. The highest BCUT2D eigenvalue weighted by Crippen LogP contribution is 2.52. The maximum atomic E-state index is 12.6. The SMILES string of the molecule is Cc1oc(-c2cnn(C)c2)nc1C(=O)Nc1cc(C2CC3CCC2C3)[nH]n1. The van der Waals surface area contributed by atoms with Crippen LogP contribution in [0.3, 0.4) is 0 Å². The standard InChI is InChI=1S/C19H22N6O2/c1-10-17(22-19(27-10)13-8-20-25(2)9-13)18(26)21-16-7-15(23-24-16)14-6-11-3-4-12(14)5-11/h7-9,11-12,14H,3-6H2,1-2H3,(H2,21,23,24,26). The van der Waals surface area contributed by atoms with E-state index in [0.29, 0.717) is 23.4 Å². The first kappa shape index (κ1) is 16.3. The molecule has 2 fully saturated rings. The smallest absolute Gasteiger partial charge is 0.279 e. The molecule has 2 aliphatic rings. The van der Waals surface area contributed by atoms with Crippen LogP contribution in [-0.4, -0.2) is 30.9 Å². The molecule has 8 nitrogen and oxygen atoms in total. The Bertz CT molecular complexity index is 1000. The van der Waals surface area contributed by atoms with Crippen LogP contribution in [0.4, 0.5) is 5.82 Å². The number of aromatic nitrogens is 5. The molecule has 5 rings (SSSR count). The van der Waals surface area contributed by atoms with E-state index in [9.17, 15) is 4.79 Å².